The Hall–Kier alpha value is -1.75. The van der Waals surface area contributed by atoms with Crippen molar-refractivity contribution >= 4 is 5.97 Å². The fourth-order valence-corrected chi connectivity index (χ4v) is 1.20. The van der Waals surface area contributed by atoms with Crippen molar-refractivity contribution in [1.29, 1.82) is 0 Å². The SMILES string of the molecule is COC(=O)c1ccc(OC)c(OCCN)c1. The summed E-state index contributed by atoms with van der Waals surface area (Å²) in [6.07, 6.45) is 0. The van der Waals surface area contributed by atoms with Crippen LogP contribution >= 0.6 is 0 Å². The van der Waals surface area contributed by atoms with E-state index in [-0.39, 0.29) is 0 Å². The molecule has 1 rings (SSSR count). The highest BCUT2D eigenvalue weighted by Gasteiger charge is 2.10. The van der Waals surface area contributed by atoms with Gasteiger partial charge in [0.15, 0.2) is 11.5 Å². The molecule has 0 heterocycles. The van der Waals surface area contributed by atoms with E-state index in [1.165, 1.54) is 14.2 Å². The molecule has 0 aliphatic carbocycles. The molecule has 1 aromatic rings. The molecule has 0 bridgehead atoms. The first kappa shape index (κ1) is 12.3. The molecule has 0 saturated carbocycles. The number of methoxy groups -OCH3 is 2. The molecule has 16 heavy (non-hydrogen) atoms. The van der Waals surface area contributed by atoms with Crippen LogP contribution in [-0.4, -0.2) is 33.3 Å². The molecule has 0 fully saturated rings. The number of benzene rings is 1. The molecule has 5 heteroatoms. The molecule has 0 aliphatic rings. The van der Waals surface area contributed by atoms with Crippen LogP contribution in [0.1, 0.15) is 10.4 Å². The van der Waals surface area contributed by atoms with Gasteiger partial charge in [-0.2, -0.15) is 0 Å². The number of carbonyl (C=O) groups is 1. The van der Waals surface area contributed by atoms with Crippen molar-refractivity contribution in [3.8, 4) is 11.5 Å². The van der Waals surface area contributed by atoms with Gasteiger partial charge in [0.2, 0.25) is 0 Å². The molecule has 0 radical (unpaired) electrons. The van der Waals surface area contributed by atoms with Gasteiger partial charge in [-0.1, -0.05) is 0 Å². The average molecular weight is 225 g/mol. The van der Waals surface area contributed by atoms with Gasteiger partial charge in [0.05, 0.1) is 19.8 Å². The highest BCUT2D eigenvalue weighted by Crippen LogP contribution is 2.28. The van der Waals surface area contributed by atoms with Crippen LogP contribution in [0.4, 0.5) is 0 Å². The maximum absolute atomic E-state index is 11.3. The van der Waals surface area contributed by atoms with Gasteiger partial charge in [-0.3, -0.25) is 0 Å². The average Bonchev–Trinajstić information content (AvgIpc) is 2.34. The largest absolute Gasteiger partial charge is 0.493 e. The van der Waals surface area contributed by atoms with Crippen LogP contribution in [0.2, 0.25) is 0 Å². The van der Waals surface area contributed by atoms with Crippen LogP contribution in [-0.2, 0) is 4.74 Å². The van der Waals surface area contributed by atoms with Crippen molar-refractivity contribution in [3.05, 3.63) is 23.8 Å². The van der Waals surface area contributed by atoms with E-state index in [9.17, 15) is 4.79 Å². The molecule has 0 amide bonds. The third kappa shape index (κ3) is 2.87. The highest BCUT2D eigenvalue weighted by atomic mass is 16.5. The predicted octanol–water partition coefficient (Wildman–Crippen LogP) is 0.819. The van der Waals surface area contributed by atoms with Crippen molar-refractivity contribution in [2.24, 2.45) is 5.73 Å². The molecule has 0 aliphatic heterocycles. The molecule has 0 saturated heterocycles. The Balaban J connectivity index is 2.96. The zero-order valence-electron chi connectivity index (χ0n) is 9.36. The zero-order valence-corrected chi connectivity index (χ0v) is 9.36. The summed E-state index contributed by atoms with van der Waals surface area (Å²) in [4.78, 5) is 11.3. The van der Waals surface area contributed by atoms with E-state index in [1.807, 2.05) is 0 Å². The Bertz CT molecular complexity index is 365. The fraction of sp³-hybridized carbons (Fsp3) is 0.364. The van der Waals surface area contributed by atoms with Gasteiger partial charge in [0.25, 0.3) is 0 Å². The summed E-state index contributed by atoms with van der Waals surface area (Å²) in [7, 11) is 2.86. The molecule has 5 nitrogen and oxygen atoms in total. The molecule has 0 spiro atoms. The van der Waals surface area contributed by atoms with E-state index in [0.29, 0.717) is 30.2 Å². The molecule has 88 valence electrons. The zero-order chi connectivity index (χ0) is 12.0. The second-order valence-corrected chi connectivity index (χ2v) is 2.99. The predicted molar refractivity (Wildman–Crippen MR) is 58.9 cm³/mol. The van der Waals surface area contributed by atoms with E-state index in [0.717, 1.165) is 0 Å². The van der Waals surface area contributed by atoms with E-state index in [4.69, 9.17) is 15.2 Å². The third-order valence-corrected chi connectivity index (χ3v) is 1.96. The normalized spacial score (nSPS) is 9.69. The van der Waals surface area contributed by atoms with Crippen LogP contribution < -0.4 is 15.2 Å². The van der Waals surface area contributed by atoms with Crippen molar-refractivity contribution in [2.75, 3.05) is 27.4 Å². The van der Waals surface area contributed by atoms with Crippen LogP contribution in [0.5, 0.6) is 11.5 Å². The van der Waals surface area contributed by atoms with E-state index < -0.39 is 5.97 Å². The highest BCUT2D eigenvalue weighted by molar-refractivity contribution is 5.90. The standard InChI is InChI=1S/C11H15NO4/c1-14-9-4-3-8(11(13)15-2)7-10(9)16-6-5-12/h3-4,7H,5-6,12H2,1-2H3. The molecule has 0 atom stereocenters. The Kier molecular flexibility index (Phi) is 4.60. The number of esters is 1. The van der Waals surface area contributed by atoms with Gasteiger partial charge < -0.3 is 19.9 Å². The Labute approximate surface area is 94.1 Å². The van der Waals surface area contributed by atoms with Gasteiger partial charge in [-0.05, 0) is 18.2 Å². The lowest BCUT2D eigenvalue weighted by Gasteiger charge is -2.10. The monoisotopic (exact) mass is 225 g/mol. The number of hydrogen-bond donors (Lipinski definition) is 1. The fourth-order valence-electron chi connectivity index (χ4n) is 1.20. The van der Waals surface area contributed by atoms with Crippen LogP contribution in [0.3, 0.4) is 0 Å². The minimum Gasteiger partial charge on any atom is -0.493 e. The van der Waals surface area contributed by atoms with E-state index in [2.05, 4.69) is 4.74 Å². The summed E-state index contributed by atoms with van der Waals surface area (Å²) < 4.78 is 15.1. The molecule has 0 aromatic heterocycles. The Morgan fingerprint density at radius 2 is 2.06 bits per heavy atom. The number of rotatable bonds is 5. The Morgan fingerprint density at radius 1 is 1.31 bits per heavy atom. The number of ether oxygens (including phenoxy) is 3. The molecule has 2 N–H and O–H groups in total. The summed E-state index contributed by atoms with van der Waals surface area (Å²) in [6.45, 7) is 0.757. The van der Waals surface area contributed by atoms with Crippen LogP contribution in [0.15, 0.2) is 18.2 Å². The number of hydrogen-bond acceptors (Lipinski definition) is 5. The molecular formula is C11H15NO4. The van der Waals surface area contributed by atoms with Gasteiger partial charge in [-0.15, -0.1) is 0 Å². The van der Waals surface area contributed by atoms with Crippen molar-refractivity contribution in [3.63, 3.8) is 0 Å². The summed E-state index contributed by atoms with van der Waals surface area (Å²) >= 11 is 0. The first-order valence-corrected chi connectivity index (χ1v) is 4.82. The van der Waals surface area contributed by atoms with Gasteiger partial charge in [0.1, 0.15) is 6.61 Å². The van der Waals surface area contributed by atoms with Crippen molar-refractivity contribution < 1.29 is 19.0 Å². The van der Waals surface area contributed by atoms with E-state index in [1.54, 1.807) is 18.2 Å². The maximum Gasteiger partial charge on any atom is 0.337 e. The summed E-state index contributed by atoms with van der Waals surface area (Å²) in [5, 5.41) is 0. The molecular weight excluding hydrogens is 210 g/mol. The Morgan fingerprint density at radius 3 is 2.62 bits per heavy atom. The topological polar surface area (TPSA) is 70.8 Å². The van der Waals surface area contributed by atoms with Crippen LogP contribution in [0.25, 0.3) is 0 Å². The first-order valence-electron chi connectivity index (χ1n) is 4.82. The minimum absolute atomic E-state index is 0.362. The maximum atomic E-state index is 11.3. The van der Waals surface area contributed by atoms with Crippen LogP contribution in [0, 0.1) is 0 Å². The summed E-state index contributed by atoms with van der Waals surface area (Å²) in [5.74, 6) is 0.622. The van der Waals surface area contributed by atoms with Gasteiger partial charge in [0, 0.05) is 6.54 Å². The molecule has 1 aromatic carbocycles. The van der Waals surface area contributed by atoms with Crippen molar-refractivity contribution in [1.82, 2.24) is 0 Å². The van der Waals surface area contributed by atoms with E-state index >= 15 is 0 Å². The molecule has 0 unspecified atom stereocenters. The lowest BCUT2D eigenvalue weighted by atomic mass is 10.2. The van der Waals surface area contributed by atoms with Crippen molar-refractivity contribution in [2.45, 2.75) is 0 Å². The first-order chi connectivity index (χ1) is 7.72. The lowest BCUT2D eigenvalue weighted by Crippen LogP contribution is -2.11. The summed E-state index contributed by atoms with van der Waals surface area (Å²) in [6, 6.07) is 4.83. The second kappa shape index (κ2) is 5.97. The second-order valence-electron chi connectivity index (χ2n) is 2.99. The quantitative estimate of drug-likeness (QED) is 0.751. The van der Waals surface area contributed by atoms with Gasteiger partial charge >= 0.3 is 5.97 Å². The van der Waals surface area contributed by atoms with Gasteiger partial charge in [-0.25, -0.2) is 4.79 Å². The smallest absolute Gasteiger partial charge is 0.337 e. The number of carbonyl (C=O) groups excluding carboxylic acids is 1. The minimum atomic E-state index is -0.416. The lowest BCUT2D eigenvalue weighted by molar-refractivity contribution is 0.0600. The third-order valence-electron chi connectivity index (χ3n) is 1.96. The number of nitrogens with two attached hydrogens (primary N) is 1. The summed E-state index contributed by atoms with van der Waals surface area (Å²) in [5.41, 5.74) is 5.75.